The van der Waals surface area contributed by atoms with E-state index < -0.39 is 5.56 Å². The molecular weight excluding hydrogens is 378 g/mol. The lowest BCUT2D eigenvalue weighted by Crippen LogP contribution is -2.25. The molecule has 150 valence electrons. The smallest absolute Gasteiger partial charge is 0.271 e. The summed E-state index contributed by atoms with van der Waals surface area (Å²) in [6.45, 7) is 3.84. The van der Waals surface area contributed by atoms with Gasteiger partial charge in [0.1, 0.15) is 11.6 Å². The number of aliphatic imine (C=N–C) groups is 1. The van der Waals surface area contributed by atoms with Crippen LogP contribution in [0.3, 0.4) is 0 Å². The summed E-state index contributed by atoms with van der Waals surface area (Å²) in [6.07, 6.45) is 2.12. The SMILES string of the molecule is CCCn1c(O)c(C=Nc2ccc(N=Nc3ccccc3)cc2)c(C)c(C#N)c1=O. The lowest BCUT2D eigenvalue weighted by molar-refractivity contribution is 0.403. The van der Waals surface area contributed by atoms with E-state index in [0.29, 0.717) is 35.5 Å². The summed E-state index contributed by atoms with van der Waals surface area (Å²) >= 11 is 0. The molecule has 1 heterocycles. The molecule has 0 bridgehead atoms. The van der Waals surface area contributed by atoms with E-state index >= 15 is 0 Å². The van der Waals surface area contributed by atoms with Crippen molar-refractivity contribution in [1.82, 2.24) is 4.57 Å². The van der Waals surface area contributed by atoms with Gasteiger partial charge in [0.2, 0.25) is 5.88 Å². The van der Waals surface area contributed by atoms with Crippen molar-refractivity contribution >= 4 is 23.3 Å². The molecular formula is C23H21N5O2. The Bertz CT molecular complexity index is 1190. The second kappa shape index (κ2) is 9.43. The van der Waals surface area contributed by atoms with Crippen molar-refractivity contribution in [2.45, 2.75) is 26.8 Å². The minimum absolute atomic E-state index is 0.0133. The molecule has 0 spiro atoms. The quantitative estimate of drug-likeness (QED) is 0.449. The average Bonchev–Trinajstić information content (AvgIpc) is 2.77. The van der Waals surface area contributed by atoms with Crippen LogP contribution in [-0.2, 0) is 6.54 Å². The van der Waals surface area contributed by atoms with Crippen LogP contribution in [-0.4, -0.2) is 15.9 Å². The Balaban J connectivity index is 1.87. The van der Waals surface area contributed by atoms with Gasteiger partial charge in [0, 0.05) is 12.8 Å². The maximum absolute atomic E-state index is 12.4. The Morgan fingerprint density at radius 2 is 1.63 bits per heavy atom. The average molecular weight is 399 g/mol. The Labute approximate surface area is 174 Å². The van der Waals surface area contributed by atoms with Gasteiger partial charge in [0.05, 0.1) is 22.6 Å². The number of hydrogen-bond donors (Lipinski definition) is 1. The number of pyridine rings is 1. The summed E-state index contributed by atoms with van der Waals surface area (Å²) < 4.78 is 1.21. The van der Waals surface area contributed by atoms with Gasteiger partial charge < -0.3 is 5.11 Å². The molecule has 0 atom stereocenters. The third-order valence-electron chi connectivity index (χ3n) is 4.52. The maximum atomic E-state index is 12.4. The Morgan fingerprint density at radius 3 is 2.23 bits per heavy atom. The molecule has 0 aliphatic rings. The van der Waals surface area contributed by atoms with Gasteiger partial charge in [-0.2, -0.15) is 15.5 Å². The molecule has 3 rings (SSSR count). The Kier molecular flexibility index (Phi) is 6.50. The summed E-state index contributed by atoms with van der Waals surface area (Å²) in [7, 11) is 0. The first kappa shape index (κ1) is 20.7. The highest BCUT2D eigenvalue weighted by Gasteiger charge is 2.17. The molecule has 0 unspecified atom stereocenters. The largest absolute Gasteiger partial charge is 0.494 e. The summed E-state index contributed by atoms with van der Waals surface area (Å²) in [6, 6.07) is 18.5. The Morgan fingerprint density at radius 1 is 1.03 bits per heavy atom. The van der Waals surface area contributed by atoms with Crippen molar-refractivity contribution in [1.29, 1.82) is 5.26 Å². The van der Waals surface area contributed by atoms with Crippen LogP contribution in [0.2, 0.25) is 0 Å². The second-order valence-electron chi connectivity index (χ2n) is 6.62. The van der Waals surface area contributed by atoms with Crippen LogP contribution in [0.25, 0.3) is 0 Å². The van der Waals surface area contributed by atoms with Crippen LogP contribution in [0.5, 0.6) is 5.88 Å². The van der Waals surface area contributed by atoms with E-state index in [-0.39, 0.29) is 11.4 Å². The van der Waals surface area contributed by atoms with Gasteiger partial charge >= 0.3 is 0 Å². The molecule has 0 fully saturated rings. The highest BCUT2D eigenvalue weighted by atomic mass is 16.3. The van der Waals surface area contributed by atoms with Gasteiger partial charge in [-0.3, -0.25) is 14.4 Å². The number of hydrogen-bond acceptors (Lipinski definition) is 6. The minimum atomic E-state index is -0.486. The molecule has 7 heteroatoms. The van der Waals surface area contributed by atoms with Gasteiger partial charge in [-0.05, 0) is 55.3 Å². The van der Waals surface area contributed by atoms with E-state index in [1.54, 1.807) is 31.2 Å². The van der Waals surface area contributed by atoms with Gasteiger partial charge in [0.25, 0.3) is 5.56 Å². The van der Waals surface area contributed by atoms with E-state index in [1.165, 1.54) is 10.8 Å². The molecule has 0 saturated carbocycles. The van der Waals surface area contributed by atoms with E-state index in [4.69, 9.17) is 0 Å². The van der Waals surface area contributed by atoms with Crippen LogP contribution in [0.4, 0.5) is 17.1 Å². The molecule has 30 heavy (non-hydrogen) atoms. The van der Waals surface area contributed by atoms with Crippen molar-refractivity contribution in [3.8, 4) is 11.9 Å². The molecule has 0 saturated heterocycles. The first-order valence-electron chi connectivity index (χ1n) is 9.52. The van der Waals surface area contributed by atoms with Gasteiger partial charge in [-0.15, -0.1) is 0 Å². The molecule has 7 nitrogen and oxygen atoms in total. The van der Waals surface area contributed by atoms with Crippen LogP contribution >= 0.6 is 0 Å². The predicted molar refractivity (Wildman–Crippen MR) is 116 cm³/mol. The molecule has 0 amide bonds. The number of aromatic hydroxyl groups is 1. The van der Waals surface area contributed by atoms with Crippen LogP contribution in [0, 0.1) is 18.3 Å². The Hall–Kier alpha value is -4.05. The fourth-order valence-corrected chi connectivity index (χ4v) is 2.91. The number of nitriles is 1. The summed E-state index contributed by atoms with van der Waals surface area (Å²) in [5, 5.41) is 28.2. The van der Waals surface area contributed by atoms with Crippen molar-refractivity contribution in [3.63, 3.8) is 0 Å². The highest BCUT2D eigenvalue weighted by Crippen LogP contribution is 2.24. The van der Waals surface area contributed by atoms with Gasteiger partial charge in [0.15, 0.2) is 0 Å². The molecule has 0 aliphatic heterocycles. The van der Waals surface area contributed by atoms with E-state index in [9.17, 15) is 15.2 Å². The maximum Gasteiger partial charge on any atom is 0.271 e. The standard InChI is InChI=1S/C23H21N5O2/c1-3-13-28-22(29)20(14-24)16(2)21(23(28)30)15-25-17-9-11-19(12-10-17)27-26-18-7-5-4-6-8-18/h4-12,15,30H,3,13H2,1-2H3. The number of benzene rings is 2. The monoisotopic (exact) mass is 399 g/mol. The summed E-state index contributed by atoms with van der Waals surface area (Å²) in [5.41, 5.74) is 2.37. The lowest BCUT2D eigenvalue weighted by atomic mass is 10.1. The summed E-state index contributed by atoms with van der Waals surface area (Å²) in [5.74, 6) is -0.185. The number of rotatable bonds is 6. The summed E-state index contributed by atoms with van der Waals surface area (Å²) in [4.78, 5) is 16.8. The molecule has 1 N–H and O–H groups in total. The van der Waals surface area contributed by atoms with Crippen molar-refractivity contribution in [3.05, 3.63) is 81.6 Å². The first-order chi connectivity index (χ1) is 14.5. The third-order valence-corrected chi connectivity index (χ3v) is 4.52. The zero-order valence-corrected chi connectivity index (χ0v) is 16.8. The van der Waals surface area contributed by atoms with Crippen molar-refractivity contribution in [2.75, 3.05) is 0 Å². The molecule has 0 aliphatic carbocycles. The lowest BCUT2D eigenvalue weighted by Gasteiger charge is -2.13. The first-order valence-corrected chi connectivity index (χ1v) is 9.52. The fourth-order valence-electron chi connectivity index (χ4n) is 2.91. The highest BCUT2D eigenvalue weighted by molar-refractivity contribution is 5.87. The van der Waals surface area contributed by atoms with E-state index in [1.807, 2.05) is 43.3 Å². The third kappa shape index (κ3) is 4.50. The van der Waals surface area contributed by atoms with Gasteiger partial charge in [-0.25, -0.2) is 0 Å². The molecule has 0 radical (unpaired) electrons. The van der Waals surface area contributed by atoms with Crippen LogP contribution < -0.4 is 5.56 Å². The number of nitrogens with zero attached hydrogens (tertiary/aromatic N) is 5. The molecule has 1 aromatic heterocycles. The van der Waals surface area contributed by atoms with E-state index in [2.05, 4.69) is 15.2 Å². The van der Waals surface area contributed by atoms with Gasteiger partial charge in [-0.1, -0.05) is 25.1 Å². The number of aromatic nitrogens is 1. The predicted octanol–water partition coefficient (Wildman–Crippen LogP) is 5.31. The van der Waals surface area contributed by atoms with Crippen molar-refractivity contribution < 1.29 is 5.11 Å². The fraction of sp³-hybridized carbons (Fsp3) is 0.174. The van der Waals surface area contributed by atoms with E-state index in [0.717, 1.165) is 5.69 Å². The normalized spacial score (nSPS) is 11.2. The number of azo groups is 1. The minimum Gasteiger partial charge on any atom is -0.494 e. The van der Waals surface area contributed by atoms with Crippen LogP contribution in [0.15, 0.2) is 74.6 Å². The topological polar surface area (TPSA) is 103 Å². The zero-order valence-electron chi connectivity index (χ0n) is 16.8. The molecule has 2 aromatic carbocycles. The zero-order chi connectivity index (χ0) is 21.5. The van der Waals surface area contributed by atoms with Crippen molar-refractivity contribution in [2.24, 2.45) is 15.2 Å². The second-order valence-corrected chi connectivity index (χ2v) is 6.62. The molecule has 3 aromatic rings. The van der Waals surface area contributed by atoms with Crippen LogP contribution in [0.1, 0.15) is 30.0 Å².